The number of rotatable bonds is 9. The molecule has 0 saturated heterocycles. The fraction of sp³-hybridized carbons (Fsp3) is 0.250. The minimum Gasteiger partial charge on any atom is -0.490 e. The Morgan fingerprint density at radius 1 is 1.10 bits per heavy atom. The molecule has 0 saturated carbocycles. The Hall–Kier alpha value is -3.07. The van der Waals surface area contributed by atoms with Crippen molar-refractivity contribution < 1.29 is 14.3 Å². The Labute approximate surface area is 177 Å². The number of aryl methyl sites for hydroxylation is 1. The Kier molecular flexibility index (Phi) is 7.07. The van der Waals surface area contributed by atoms with E-state index in [1.54, 1.807) is 23.4 Å². The van der Waals surface area contributed by atoms with Crippen LogP contribution in [0.2, 0.25) is 0 Å². The highest BCUT2D eigenvalue weighted by Crippen LogP contribution is 2.34. The highest BCUT2D eigenvalue weighted by molar-refractivity contribution is 9.10. The van der Waals surface area contributed by atoms with Gasteiger partial charge in [-0.3, -0.25) is 4.79 Å². The van der Waals surface area contributed by atoms with Gasteiger partial charge in [-0.1, -0.05) is 33.6 Å². The number of hydrogen-bond acceptors (Lipinski definition) is 6. The molecule has 0 radical (unpaired) electrons. The van der Waals surface area contributed by atoms with Gasteiger partial charge in [0.15, 0.2) is 18.1 Å². The first-order chi connectivity index (χ1) is 14.0. The summed E-state index contributed by atoms with van der Waals surface area (Å²) in [7, 11) is 0. The van der Waals surface area contributed by atoms with Crippen molar-refractivity contribution in [1.82, 2.24) is 14.9 Å². The minimum absolute atomic E-state index is 0.126. The lowest BCUT2D eigenvalue weighted by atomic mass is 10.2. The van der Waals surface area contributed by atoms with Gasteiger partial charge in [0.25, 0.3) is 5.91 Å². The molecule has 0 unspecified atom stereocenters. The van der Waals surface area contributed by atoms with Crippen LogP contribution in [0.25, 0.3) is 0 Å². The fourth-order valence-corrected chi connectivity index (χ4v) is 2.99. The number of nitrogens with zero attached hydrogens (tertiary/aromatic N) is 3. The van der Waals surface area contributed by atoms with Gasteiger partial charge in [0, 0.05) is 10.2 Å². The average Bonchev–Trinajstić information content (AvgIpc) is 3.22. The number of hydrogen-bond donors (Lipinski definition) is 2. The molecule has 0 bridgehead atoms. The zero-order valence-electron chi connectivity index (χ0n) is 16.2. The second-order valence-corrected chi connectivity index (χ2v) is 7.08. The van der Waals surface area contributed by atoms with Gasteiger partial charge in [-0.25, -0.2) is 4.68 Å². The minimum atomic E-state index is -0.245. The van der Waals surface area contributed by atoms with Gasteiger partial charge in [0.1, 0.15) is 12.7 Å². The predicted octanol–water partition coefficient (Wildman–Crippen LogP) is 3.51. The van der Waals surface area contributed by atoms with E-state index in [0.29, 0.717) is 24.7 Å². The van der Waals surface area contributed by atoms with Crippen LogP contribution in [0.5, 0.6) is 11.5 Å². The molecule has 9 heteroatoms. The molecule has 0 aliphatic rings. The number of aromatic nitrogens is 3. The van der Waals surface area contributed by atoms with E-state index >= 15 is 0 Å². The second-order valence-electron chi connectivity index (χ2n) is 6.23. The van der Waals surface area contributed by atoms with E-state index in [2.05, 4.69) is 36.9 Å². The maximum atomic E-state index is 12.2. The summed E-state index contributed by atoms with van der Waals surface area (Å²) in [6.07, 6.45) is 3.14. The van der Waals surface area contributed by atoms with Crippen LogP contribution in [0.4, 0.5) is 5.69 Å². The van der Waals surface area contributed by atoms with Gasteiger partial charge >= 0.3 is 0 Å². The molecular formula is C20H22BrN5O3. The predicted molar refractivity (Wildman–Crippen MR) is 114 cm³/mol. The highest BCUT2D eigenvalue weighted by Gasteiger charge is 2.13. The van der Waals surface area contributed by atoms with Crippen LogP contribution in [0.1, 0.15) is 18.1 Å². The van der Waals surface area contributed by atoms with Gasteiger partial charge in [-0.2, -0.15) is 0 Å². The third-order valence-electron chi connectivity index (χ3n) is 3.98. The zero-order valence-corrected chi connectivity index (χ0v) is 17.8. The van der Waals surface area contributed by atoms with E-state index in [-0.39, 0.29) is 12.5 Å². The summed E-state index contributed by atoms with van der Waals surface area (Å²) >= 11 is 3.55. The third kappa shape index (κ3) is 5.95. The standard InChI is InChI=1S/C20H22BrN5O3/c1-3-28-18-8-15(10-24-26-12-22-23-13-26)17(21)9-19(18)29-11-20(27)25-16-6-4-14(2)5-7-16/h4-9,12-13,24H,3,10-11H2,1-2H3,(H,25,27). The lowest BCUT2D eigenvalue weighted by Crippen LogP contribution is -2.20. The van der Waals surface area contributed by atoms with E-state index < -0.39 is 0 Å². The van der Waals surface area contributed by atoms with Crippen LogP contribution in [0.15, 0.2) is 53.5 Å². The Morgan fingerprint density at radius 3 is 2.48 bits per heavy atom. The summed E-state index contributed by atoms with van der Waals surface area (Å²) < 4.78 is 13.9. The van der Waals surface area contributed by atoms with Gasteiger partial charge < -0.3 is 20.2 Å². The number of halogens is 1. The summed E-state index contributed by atoms with van der Waals surface area (Å²) in [4.78, 5) is 12.2. The molecule has 152 valence electrons. The average molecular weight is 460 g/mol. The van der Waals surface area contributed by atoms with E-state index in [1.807, 2.05) is 44.2 Å². The largest absolute Gasteiger partial charge is 0.490 e. The SMILES string of the molecule is CCOc1cc(CNn2cnnc2)c(Br)cc1OCC(=O)Nc1ccc(C)cc1. The van der Waals surface area contributed by atoms with Gasteiger partial charge in [0.05, 0.1) is 13.2 Å². The van der Waals surface area contributed by atoms with Crippen LogP contribution in [0.3, 0.4) is 0 Å². The maximum Gasteiger partial charge on any atom is 0.262 e. The number of ether oxygens (including phenoxy) is 2. The van der Waals surface area contributed by atoms with Gasteiger partial charge in [0.2, 0.25) is 0 Å². The Bertz CT molecular complexity index is 946. The lowest BCUT2D eigenvalue weighted by molar-refractivity contribution is -0.118. The molecule has 2 N–H and O–H groups in total. The zero-order chi connectivity index (χ0) is 20.6. The van der Waals surface area contributed by atoms with Crippen molar-refractivity contribution in [2.45, 2.75) is 20.4 Å². The van der Waals surface area contributed by atoms with Crippen LogP contribution in [-0.2, 0) is 11.3 Å². The molecule has 0 atom stereocenters. The molecule has 1 amide bonds. The highest BCUT2D eigenvalue weighted by atomic mass is 79.9. The fourth-order valence-electron chi connectivity index (χ4n) is 2.53. The first kappa shape index (κ1) is 20.7. The first-order valence-corrected chi connectivity index (χ1v) is 9.87. The normalized spacial score (nSPS) is 10.4. The van der Waals surface area contributed by atoms with E-state index in [9.17, 15) is 4.79 Å². The molecule has 29 heavy (non-hydrogen) atoms. The number of carbonyl (C=O) groups excluding carboxylic acids is 1. The maximum absolute atomic E-state index is 12.2. The number of carbonyl (C=O) groups is 1. The second kappa shape index (κ2) is 9.92. The summed E-state index contributed by atoms with van der Waals surface area (Å²) in [6, 6.07) is 11.3. The summed E-state index contributed by atoms with van der Waals surface area (Å²) in [6.45, 7) is 4.76. The molecule has 0 spiro atoms. The van der Waals surface area contributed by atoms with Crippen LogP contribution < -0.4 is 20.2 Å². The van der Waals surface area contributed by atoms with E-state index in [4.69, 9.17) is 9.47 Å². The summed E-state index contributed by atoms with van der Waals surface area (Å²) in [5, 5.41) is 10.3. The third-order valence-corrected chi connectivity index (χ3v) is 4.72. The van der Waals surface area contributed by atoms with Crippen molar-refractivity contribution in [2.24, 2.45) is 0 Å². The monoisotopic (exact) mass is 459 g/mol. The van der Waals surface area contributed by atoms with Crippen molar-refractivity contribution in [3.05, 3.63) is 64.7 Å². The molecule has 3 rings (SSSR count). The Morgan fingerprint density at radius 2 is 1.79 bits per heavy atom. The van der Waals surface area contributed by atoms with Gasteiger partial charge in [-0.05, 0) is 43.7 Å². The lowest BCUT2D eigenvalue weighted by Gasteiger charge is -2.15. The summed E-state index contributed by atoms with van der Waals surface area (Å²) in [5.74, 6) is 0.816. The van der Waals surface area contributed by atoms with Crippen molar-refractivity contribution >= 4 is 27.5 Å². The number of benzene rings is 2. The van der Waals surface area contributed by atoms with Gasteiger partial charge in [-0.15, -0.1) is 10.2 Å². The quantitative estimate of drug-likeness (QED) is 0.508. The number of amides is 1. The molecular weight excluding hydrogens is 438 g/mol. The molecule has 1 aromatic heterocycles. The molecule has 8 nitrogen and oxygen atoms in total. The topological polar surface area (TPSA) is 90.3 Å². The molecule has 0 fully saturated rings. The van der Waals surface area contributed by atoms with Crippen LogP contribution in [-0.4, -0.2) is 34.0 Å². The van der Waals surface area contributed by atoms with E-state index in [1.165, 1.54) is 0 Å². The van der Waals surface area contributed by atoms with Crippen molar-refractivity contribution in [1.29, 1.82) is 0 Å². The van der Waals surface area contributed by atoms with Crippen LogP contribution >= 0.6 is 15.9 Å². The first-order valence-electron chi connectivity index (χ1n) is 9.08. The van der Waals surface area contributed by atoms with E-state index in [0.717, 1.165) is 21.3 Å². The summed E-state index contributed by atoms with van der Waals surface area (Å²) in [5.41, 5.74) is 5.97. The van der Waals surface area contributed by atoms with Crippen molar-refractivity contribution in [3.8, 4) is 11.5 Å². The van der Waals surface area contributed by atoms with Crippen molar-refractivity contribution in [2.75, 3.05) is 24.0 Å². The molecule has 2 aromatic carbocycles. The molecule has 0 aliphatic carbocycles. The Balaban J connectivity index is 1.64. The van der Waals surface area contributed by atoms with Crippen LogP contribution in [0, 0.1) is 6.92 Å². The molecule has 1 heterocycles. The number of nitrogens with one attached hydrogen (secondary N) is 2. The molecule has 3 aromatic rings. The van der Waals surface area contributed by atoms with Crippen molar-refractivity contribution in [3.63, 3.8) is 0 Å². The smallest absolute Gasteiger partial charge is 0.262 e. The number of anilines is 1. The molecule has 0 aliphatic heterocycles.